The second-order valence-corrected chi connectivity index (χ2v) is 7.63. The van der Waals surface area contributed by atoms with E-state index in [1.165, 1.54) is 4.90 Å². The zero-order chi connectivity index (χ0) is 18.9. The first-order valence-electron chi connectivity index (χ1n) is 8.44. The number of guanidine groups is 2. The predicted octanol–water partition coefficient (Wildman–Crippen LogP) is 2.24. The van der Waals surface area contributed by atoms with Crippen LogP contribution < -0.4 is 16.4 Å². The first-order valence-corrected chi connectivity index (χ1v) is 9.23. The van der Waals surface area contributed by atoms with Crippen LogP contribution in [0, 0.1) is 0 Å². The van der Waals surface area contributed by atoms with Crippen LogP contribution in [0.2, 0.25) is 0 Å². The Morgan fingerprint density at radius 3 is 2.65 bits per heavy atom. The van der Waals surface area contributed by atoms with Crippen molar-refractivity contribution in [1.29, 1.82) is 0 Å². The van der Waals surface area contributed by atoms with Gasteiger partial charge in [-0.05, 0) is 43.9 Å². The van der Waals surface area contributed by atoms with Crippen molar-refractivity contribution in [3.63, 3.8) is 0 Å². The molecule has 3 rings (SSSR count). The van der Waals surface area contributed by atoms with E-state index in [1.54, 1.807) is 14.1 Å². The summed E-state index contributed by atoms with van der Waals surface area (Å²) in [5.74, 6) is 0.497. The lowest BCUT2D eigenvalue weighted by Crippen LogP contribution is -2.59. The Balaban J connectivity index is 1.84. The minimum atomic E-state index is -0.613. The number of rotatable bonds is 2. The van der Waals surface area contributed by atoms with Gasteiger partial charge in [-0.15, -0.1) is 0 Å². The molecular formula is C17H23BrN6O2. The zero-order valence-electron chi connectivity index (χ0n) is 14.9. The molecule has 1 saturated carbocycles. The first kappa shape index (κ1) is 18.5. The molecule has 8 nitrogen and oxygen atoms in total. The molecule has 0 radical (unpaired) electrons. The van der Waals surface area contributed by atoms with E-state index >= 15 is 0 Å². The lowest BCUT2D eigenvalue weighted by Gasteiger charge is -2.46. The predicted molar refractivity (Wildman–Crippen MR) is 105 cm³/mol. The number of benzene rings is 1. The summed E-state index contributed by atoms with van der Waals surface area (Å²) in [5, 5.41) is 0. The highest BCUT2D eigenvalue weighted by Gasteiger charge is 2.45. The van der Waals surface area contributed by atoms with Gasteiger partial charge in [-0.2, -0.15) is 4.99 Å². The van der Waals surface area contributed by atoms with Crippen molar-refractivity contribution in [1.82, 2.24) is 4.90 Å². The highest BCUT2D eigenvalue weighted by atomic mass is 79.9. The Morgan fingerprint density at radius 2 is 2.04 bits per heavy atom. The fraction of sp³-hybridized carbons (Fsp3) is 0.471. The largest absolute Gasteiger partial charge is 0.446 e. The summed E-state index contributed by atoms with van der Waals surface area (Å²) in [6, 6.07) is 7.82. The summed E-state index contributed by atoms with van der Waals surface area (Å²) >= 11 is 3.49. The van der Waals surface area contributed by atoms with Crippen molar-refractivity contribution in [3.05, 3.63) is 28.7 Å². The minimum Gasteiger partial charge on any atom is -0.446 e. The van der Waals surface area contributed by atoms with Gasteiger partial charge in [-0.25, -0.2) is 9.79 Å². The Bertz CT molecular complexity index is 755. The summed E-state index contributed by atoms with van der Waals surface area (Å²) in [5.41, 5.74) is 12.4. The molecule has 1 aliphatic heterocycles. The SMILES string of the molecule is CN(C)C(=O)OC1CCC2(CC1)N=C(N)N=C(N)N2c1cccc(Br)c1. The van der Waals surface area contributed by atoms with E-state index in [1.807, 2.05) is 29.2 Å². The van der Waals surface area contributed by atoms with Crippen molar-refractivity contribution in [2.75, 3.05) is 19.0 Å². The third-order valence-corrected chi connectivity index (χ3v) is 5.12. The molecule has 1 aromatic carbocycles. The fourth-order valence-electron chi connectivity index (χ4n) is 3.41. The second kappa shape index (κ2) is 7.14. The molecule has 9 heteroatoms. The van der Waals surface area contributed by atoms with Gasteiger partial charge in [-0.1, -0.05) is 22.0 Å². The Labute approximate surface area is 161 Å². The van der Waals surface area contributed by atoms with Crippen LogP contribution in [0.1, 0.15) is 25.7 Å². The molecule has 0 atom stereocenters. The molecule has 1 aromatic rings. The van der Waals surface area contributed by atoms with Gasteiger partial charge in [-0.3, -0.25) is 4.90 Å². The van der Waals surface area contributed by atoms with Gasteiger partial charge < -0.3 is 21.1 Å². The number of aliphatic imine (C=N–C) groups is 2. The highest BCUT2D eigenvalue weighted by molar-refractivity contribution is 9.10. The molecule has 4 N–H and O–H groups in total. The normalized spacial score (nSPS) is 25.5. The van der Waals surface area contributed by atoms with E-state index in [9.17, 15) is 4.79 Å². The number of halogens is 1. The van der Waals surface area contributed by atoms with E-state index in [2.05, 4.69) is 25.9 Å². The highest BCUT2D eigenvalue weighted by Crippen LogP contribution is 2.40. The minimum absolute atomic E-state index is 0.142. The van der Waals surface area contributed by atoms with Crippen LogP contribution in [-0.2, 0) is 4.74 Å². The summed E-state index contributed by atoms with van der Waals surface area (Å²) in [6.07, 6.45) is 2.19. The van der Waals surface area contributed by atoms with E-state index in [-0.39, 0.29) is 18.2 Å². The molecule has 1 aliphatic carbocycles. The molecule has 140 valence electrons. The molecule has 1 amide bonds. The van der Waals surface area contributed by atoms with Crippen LogP contribution in [0.15, 0.2) is 38.7 Å². The van der Waals surface area contributed by atoms with Gasteiger partial charge in [0.25, 0.3) is 0 Å². The van der Waals surface area contributed by atoms with Crippen LogP contribution in [0.25, 0.3) is 0 Å². The smallest absolute Gasteiger partial charge is 0.409 e. The first-order chi connectivity index (χ1) is 12.3. The third kappa shape index (κ3) is 3.62. The Hall–Kier alpha value is -2.29. The summed E-state index contributed by atoms with van der Waals surface area (Å²) in [4.78, 5) is 24.0. The Morgan fingerprint density at radius 1 is 1.35 bits per heavy atom. The molecule has 1 fully saturated rings. The van der Waals surface area contributed by atoms with Crippen LogP contribution >= 0.6 is 15.9 Å². The van der Waals surface area contributed by atoms with E-state index in [0.717, 1.165) is 10.2 Å². The van der Waals surface area contributed by atoms with E-state index in [4.69, 9.17) is 16.2 Å². The molecule has 2 aliphatic rings. The molecule has 0 aromatic heterocycles. The summed E-state index contributed by atoms with van der Waals surface area (Å²) in [7, 11) is 3.34. The standard InChI is InChI=1S/C17H23BrN6O2/c1-23(2)16(25)26-13-6-8-17(9-7-13)22-14(19)21-15(20)24(17)12-5-3-4-11(18)10-12/h3-5,10,13H,6-9H2,1-2H3,(H4,19,20,21,22). The van der Waals surface area contributed by atoms with Crippen LogP contribution in [0.3, 0.4) is 0 Å². The number of amides is 1. The van der Waals surface area contributed by atoms with Gasteiger partial charge in [0.2, 0.25) is 11.9 Å². The van der Waals surface area contributed by atoms with Gasteiger partial charge in [0.15, 0.2) is 0 Å². The van der Waals surface area contributed by atoms with Crippen molar-refractivity contribution in [3.8, 4) is 0 Å². The maximum atomic E-state index is 11.8. The van der Waals surface area contributed by atoms with Crippen molar-refractivity contribution in [2.24, 2.45) is 21.5 Å². The monoisotopic (exact) mass is 422 g/mol. The molecular weight excluding hydrogens is 400 g/mol. The van der Waals surface area contributed by atoms with Gasteiger partial charge >= 0.3 is 6.09 Å². The number of carbonyl (C=O) groups excluding carboxylic acids is 1. The summed E-state index contributed by atoms with van der Waals surface area (Å²) < 4.78 is 6.46. The van der Waals surface area contributed by atoms with E-state index < -0.39 is 5.66 Å². The van der Waals surface area contributed by atoms with Gasteiger partial charge in [0.05, 0.1) is 0 Å². The van der Waals surface area contributed by atoms with Crippen LogP contribution in [-0.4, -0.2) is 48.8 Å². The number of nitrogens with zero attached hydrogens (tertiary/aromatic N) is 4. The third-order valence-electron chi connectivity index (χ3n) is 4.63. The fourth-order valence-corrected chi connectivity index (χ4v) is 3.80. The van der Waals surface area contributed by atoms with Crippen molar-refractivity contribution >= 4 is 39.6 Å². The molecule has 0 saturated heterocycles. The zero-order valence-corrected chi connectivity index (χ0v) is 16.4. The van der Waals surface area contributed by atoms with Gasteiger partial charge in [0.1, 0.15) is 11.8 Å². The van der Waals surface area contributed by atoms with Crippen molar-refractivity contribution in [2.45, 2.75) is 37.5 Å². The average Bonchev–Trinajstić information content (AvgIpc) is 2.56. The number of hydrogen-bond donors (Lipinski definition) is 2. The molecule has 1 heterocycles. The number of ether oxygens (including phenoxy) is 1. The van der Waals surface area contributed by atoms with Crippen LogP contribution in [0.4, 0.5) is 10.5 Å². The van der Waals surface area contributed by atoms with Crippen molar-refractivity contribution < 1.29 is 9.53 Å². The molecule has 1 spiro atoms. The maximum Gasteiger partial charge on any atom is 0.409 e. The molecule has 0 unspecified atom stereocenters. The van der Waals surface area contributed by atoms with Gasteiger partial charge in [0, 0.05) is 24.3 Å². The number of hydrogen-bond acceptors (Lipinski definition) is 7. The quantitative estimate of drug-likeness (QED) is 0.758. The van der Waals surface area contributed by atoms with E-state index in [0.29, 0.717) is 31.6 Å². The Kier molecular flexibility index (Phi) is 5.08. The van der Waals surface area contributed by atoms with Crippen LogP contribution in [0.5, 0.6) is 0 Å². The molecule has 26 heavy (non-hydrogen) atoms. The number of anilines is 1. The number of carbonyl (C=O) groups is 1. The maximum absolute atomic E-state index is 11.8. The topological polar surface area (TPSA) is 110 Å². The number of nitrogens with two attached hydrogens (primary N) is 2. The second-order valence-electron chi connectivity index (χ2n) is 6.72. The lowest BCUT2D eigenvalue weighted by molar-refractivity contribution is 0.0433. The summed E-state index contributed by atoms with van der Waals surface area (Å²) in [6.45, 7) is 0. The average molecular weight is 423 g/mol. The lowest BCUT2D eigenvalue weighted by atomic mass is 9.85. The molecule has 0 bridgehead atoms.